The number of rotatable bonds is 8. The predicted molar refractivity (Wildman–Crippen MR) is 130 cm³/mol. The largest absolute Gasteiger partial charge is 0.392 e. The van der Waals surface area contributed by atoms with Gasteiger partial charge in [-0.25, -0.2) is 0 Å². The molecule has 0 aromatic heterocycles. The zero-order valence-electron chi connectivity index (χ0n) is 20.3. The van der Waals surface area contributed by atoms with Gasteiger partial charge in [0, 0.05) is 43.8 Å². The molecule has 2 heterocycles. The highest BCUT2D eigenvalue weighted by molar-refractivity contribution is 5.88. The van der Waals surface area contributed by atoms with Crippen molar-refractivity contribution in [1.82, 2.24) is 4.90 Å². The molecule has 184 valence electrons. The molecule has 0 radical (unpaired) electrons. The Labute approximate surface area is 202 Å². The Bertz CT molecular complexity index is 950. The smallest absolute Gasteiger partial charge is 0.221 e. The van der Waals surface area contributed by atoms with Crippen LogP contribution in [0.4, 0.5) is 5.69 Å². The normalized spacial score (nSPS) is 27.6. The van der Waals surface area contributed by atoms with Crippen LogP contribution in [0, 0.1) is 5.92 Å². The van der Waals surface area contributed by atoms with Crippen molar-refractivity contribution in [3.05, 3.63) is 65.2 Å². The van der Waals surface area contributed by atoms with Gasteiger partial charge in [-0.1, -0.05) is 43.3 Å². The molecule has 2 saturated heterocycles. The van der Waals surface area contributed by atoms with E-state index < -0.39 is 6.29 Å². The van der Waals surface area contributed by atoms with Crippen molar-refractivity contribution in [3.63, 3.8) is 0 Å². The summed E-state index contributed by atoms with van der Waals surface area (Å²) in [6.45, 7) is 6.27. The van der Waals surface area contributed by atoms with Crippen molar-refractivity contribution >= 4 is 11.6 Å². The number of hydrogen-bond donors (Lipinski definition) is 2. The van der Waals surface area contributed by atoms with E-state index in [1.165, 1.54) is 13.3 Å². The molecular formula is C27H36N2O5. The Morgan fingerprint density at radius 2 is 1.97 bits per heavy atom. The van der Waals surface area contributed by atoms with Crippen LogP contribution in [0.3, 0.4) is 0 Å². The molecule has 0 aliphatic carbocycles. The maximum absolute atomic E-state index is 11.6. The number of carbonyl (C=O) groups excluding carboxylic acids is 1. The van der Waals surface area contributed by atoms with Crippen LogP contribution in [-0.2, 0) is 25.6 Å². The zero-order valence-corrected chi connectivity index (χ0v) is 20.3. The summed E-state index contributed by atoms with van der Waals surface area (Å²) in [5.41, 5.74) is 3.53. The lowest BCUT2D eigenvalue weighted by Crippen LogP contribution is -2.46. The third-order valence-corrected chi connectivity index (χ3v) is 6.88. The number of nitrogens with one attached hydrogen (secondary N) is 1. The van der Waals surface area contributed by atoms with Gasteiger partial charge in [0.25, 0.3) is 0 Å². The molecule has 5 atom stereocenters. The zero-order chi connectivity index (χ0) is 24.1. The van der Waals surface area contributed by atoms with Crippen LogP contribution in [0.2, 0.25) is 0 Å². The van der Waals surface area contributed by atoms with Crippen LogP contribution in [0.25, 0.3) is 0 Å². The molecule has 4 rings (SSSR count). The Balaban J connectivity index is 1.60. The van der Waals surface area contributed by atoms with E-state index >= 15 is 0 Å². The van der Waals surface area contributed by atoms with Crippen LogP contribution >= 0.6 is 0 Å². The maximum Gasteiger partial charge on any atom is 0.221 e. The van der Waals surface area contributed by atoms with Crippen LogP contribution < -0.4 is 5.32 Å². The van der Waals surface area contributed by atoms with E-state index in [0.717, 1.165) is 48.5 Å². The van der Waals surface area contributed by atoms with Crippen LogP contribution in [0.5, 0.6) is 0 Å². The van der Waals surface area contributed by atoms with Crippen LogP contribution in [-0.4, -0.2) is 54.9 Å². The number of nitrogens with zero attached hydrogens (tertiary/aromatic N) is 1. The van der Waals surface area contributed by atoms with Gasteiger partial charge in [0.15, 0.2) is 6.29 Å². The highest BCUT2D eigenvalue weighted by atomic mass is 16.7. The molecule has 2 aliphatic rings. The Morgan fingerprint density at radius 3 is 2.68 bits per heavy atom. The summed E-state index contributed by atoms with van der Waals surface area (Å²) in [4.78, 5) is 14.0. The first-order chi connectivity index (χ1) is 16.5. The number of carbonyl (C=O) groups is 1. The summed E-state index contributed by atoms with van der Waals surface area (Å²) in [5.74, 6) is 0.00717. The summed E-state index contributed by atoms with van der Waals surface area (Å²) < 4.78 is 18.6. The van der Waals surface area contributed by atoms with E-state index in [4.69, 9.17) is 14.2 Å². The van der Waals surface area contributed by atoms with Crippen molar-refractivity contribution in [2.45, 2.75) is 57.8 Å². The van der Waals surface area contributed by atoms with Gasteiger partial charge >= 0.3 is 0 Å². The Hall–Kier alpha value is -2.29. The van der Waals surface area contributed by atoms with Gasteiger partial charge in [0.05, 0.1) is 25.4 Å². The number of likely N-dealkylation sites (tertiary alicyclic amines) is 1. The molecule has 0 saturated carbocycles. The summed E-state index contributed by atoms with van der Waals surface area (Å²) in [5, 5.41) is 12.3. The second-order valence-corrected chi connectivity index (χ2v) is 9.37. The van der Waals surface area contributed by atoms with Crippen molar-refractivity contribution in [3.8, 4) is 0 Å². The van der Waals surface area contributed by atoms with E-state index in [-0.39, 0.29) is 30.6 Å². The lowest BCUT2D eigenvalue weighted by atomic mass is 9.90. The number of benzene rings is 2. The first kappa shape index (κ1) is 24.8. The highest BCUT2D eigenvalue weighted by Gasteiger charge is 2.40. The average Bonchev–Trinajstić information content (AvgIpc) is 3.27. The van der Waals surface area contributed by atoms with E-state index in [9.17, 15) is 9.90 Å². The molecule has 0 unspecified atom stereocenters. The third-order valence-electron chi connectivity index (χ3n) is 6.88. The van der Waals surface area contributed by atoms with E-state index in [1.807, 2.05) is 48.5 Å². The molecule has 34 heavy (non-hydrogen) atoms. The van der Waals surface area contributed by atoms with Gasteiger partial charge in [-0.05, 0) is 42.6 Å². The molecule has 2 aromatic carbocycles. The lowest BCUT2D eigenvalue weighted by molar-refractivity contribution is -0.276. The van der Waals surface area contributed by atoms with Gasteiger partial charge in [0.2, 0.25) is 5.91 Å². The summed E-state index contributed by atoms with van der Waals surface area (Å²) in [7, 11) is 1.76. The number of aliphatic hydroxyl groups excluding tert-OH is 1. The van der Waals surface area contributed by atoms with Crippen molar-refractivity contribution in [1.29, 1.82) is 0 Å². The predicted octanol–water partition coefficient (Wildman–Crippen LogP) is 4.04. The van der Waals surface area contributed by atoms with E-state index in [1.54, 1.807) is 7.11 Å². The second kappa shape index (κ2) is 11.4. The van der Waals surface area contributed by atoms with Gasteiger partial charge in [-0.15, -0.1) is 0 Å². The molecule has 2 fully saturated rings. The monoisotopic (exact) mass is 468 g/mol. The van der Waals surface area contributed by atoms with Gasteiger partial charge in [-0.3, -0.25) is 9.69 Å². The van der Waals surface area contributed by atoms with E-state index in [2.05, 4.69) is 17.1 Å². The Morgan fingerprint density at radius 1 is 1.18 bits per heavy atom. The molecule has 0 spiro atoms. The highest BCUT2D eigenvalue weighted by Crippen LogP contribution is 2.42. The maximum atomic E-state index is 11.6. The van der Waals surface area contributed by atoms with Gasteiger partial charge < -0.3 is 24.6 Å². The van der Waals surface area contributed by atoms with Crippen LogP contribution in [0.1, 0.15) is 55.8 Å². The minimum atomic E-state index is -0.555. The molecule has 2 aliphatic heterocycles. The number of hydrogen-bond acceptors (Lipinski definition) is 6. The molecule has 1 amide bonds. The fourth-order valence-electron chi connectivity index (χ4n) is 5.04. The third kappa shape index (κ3) is 5.85. The minimum Gasteiger partial charge on any atom is -0.392 e. The number of methoxy groups -OCH3 is 1. The van der Waals surface area contributed by atoms with Crippen molar-refractivity contribution in [2.24, 2.45) is 5.92 Å². The standard InChI is InChI=1S/C27H36N2O5/c1-18-25(15-29-13-5-8-24(29)17-32-3)33-27(22-6-4-7-23(14-22)28-19(2)31)34-26(18)21-11-9-20(16-30)10-12-21/h4,6-7,9-12,14,18,24-27,30H,5,8,13,15-17H2,1-3H3,(H,28,31)/t18-,24-,25+,26+,27+/m0/s1. The molecule has 7 nitrogen and oxygen atoms in total. The summed E-state index contributed by atoms with van der Waals surface area (Å²) >= 11 is 0. The summed E-state index contributed by atoms with van der Waals surface area (Å²) in [6.07, 6.45) is 1.55. The average molecular weight is 469 g/mol. The van der Waals surface area contributed by atoms with Gasteiger partial charge in [-0.2, -0.15) is 0 Å². The van der Waals surface area contributed by atoms with Crippen molar-refractivity contribution < 1.29 is 24.1 Å². The second-order valence-electron chi connectivity index (χ2n) is 9.37. The SMILES string of the molecule is COC[C@@H]1CCCN1C[C@H]1O[C@@H](c2cccc(NC(C)=O)c2)O[C@@H](c2ccc(CO)cc2)[C@H]1C. The Kier molecular flexibility index (Phi) is 8.34. The molecule has 2 aromatic rings. The number of amides is 1. The fraction of sp³-hybridized carbons (Fsp3) is 0.519. The topological polar surface area (TPSA) is 80.3 Å². The number of aliphatic hydroxyl groups is 1. The molecular weight excluding hydrogens is 432 g/mol. The lowest BCUT2D eigenvalue weighted by Gasteiger charge is -2.43. The quantitative estimate of drug-likeness (QED) is 0.609. The summed E-state index contributed by atoms with van der Waals surface area (Å²) in [6, 6.07) is 16.0. The van der Waals surface area contributed by atoms with Crippen molar-refractivity contribution in [2.75, 3.05) is 32.1 Å². The van der Waals surface area contributed by atoms with E-state index in [0.29, 0.717) is 6.04 Å². The first-order valence-electron chi connectivity index (χ1n) is 12.1. The molecule has 2 N–H and O–H groups in total. The number of ether oxygens (including phenoxy) is 3. The first-order valence-corrected chi connectivity index (χ1v) is 12.1. The fourth-order valence-corrected chi connectivity index (χ4v) is 5.04. The minimum absolute atomic E-state index is 0.0154. The molecule has 7 heteroatoms. The van der Waals surface area contributed by atoms with Gasteiger partial charge in [0.1, 0.15) is 0 Å². The van der Waals surface area contributed by atoms with Crippen LogP contribution in [0.15, 0.2) is 48.5 Å². The molecule has 0 bridgehead atoms. The number of anilines is 1.